The van der Waals surface area contributed by atoms with Gasteiger partial charge in [-0.2, -0.15) is 4.37 Å². The number of aliphatic hydroxyl groups excluding tert-OH is 1. The number of carbonyl (C=O) groups is 1. The number of nitrogens with zero attached hydrogens (tertiary/aromatic N) is 2. The summed E-state index contributed by atoms with van der Waals surface area (Å²) >= 11 is 1.36. The molecule has 0 radical (unpaired) electrons. The highest BCUT2D eigenvalue weighted by Crippen LogP contribution is 2.33. The number of aliphatic hydroxyl groups is 1. The Morgan fingerprint density at radius 2 is 1.91 bits per heavy atom. The molecule has 0 saturated heterocycles. The third-order valence-corrected chi connectivity index (χ3v) is 6.07. The van der Waals surface area contributed by atoms with Gasteiger partial charge in [0.2, 0.25) is 0 Å². The first-order valence-electron chi connectivity index (χ1n) is 10.2. The fourth-order valence-corrected chi connectivity index (χ4v) is 4.30. The molecule has 32 heavy (non-hydrogen) atoms. The molecular formula is C25H23N3O3S. The van der Waals surface area contributed by atoms with Crippen molar-refractivity contribution in [1.82, 2.24) is 4.37 Å². The lowest BCUT2D eigenvalue weighted by Gasteiger charge is -2.12. The highest BCUT2D eigenvalue weighted by Gasteiger charge is 2.21. The molecule has 0 fully saturated rings. The molecule has 0 amide bonds. The average Bonchev–Trinajstić information content (AvgIpc) is 3.17. The van der Waals surface area contributed by atoms with Crippen molar-refractivity contribution < 1.29 is 15.0 Å². The monoisotopic (exact) mass is 445 g/mol. The van der Waals surface area contributed by atoms with Gasteiger partial charge in [-0.25, -0.2) is 4.79 Å². The first kappa shape index (κ1) is 21.7. The van der Waals surface area contributed by atoms with Crippen LogP contribution in [0, 0.1) is 6.92 Å². The molecule has 1 heterocycles. The van der Waals surface area contributed by atoms with E-state index in [1.807, 2.05) is 48.5 Å². The second-order valence-electron chi connectivity index (χ2n) is 7.56. The Kier molecular flexibility index (Phi) is 6.30. The van der Waals surface area contributed by atoms with Crippen LogP contribution < -0.4 is 5.32 Å². The molecule has 162 valence electrons. The average molecular weight is 446 g/mol. The summed E-state index contributed by atoms with van der Waals surface area (Å²) in [6, 6.07) is 21.0. The Bertz CT molecular complexity index is 1280. The quantitative estimate of drug-likeness (QED) is 0.337. The van der Waals surface area contributed by atoms with E-state index in [1.54, 1.807) is 0 Å². The van der Waals surface area contributed by atoms with E-state index in [4.69, 9.17) is 5.11 Å². The Morgan fingerprint density at radius 1 is 1.12 bits per heavy atom. The number of rotatable bonds is 7. The number of anilines is 2. The fourth-order valence-electron chi connectivity index (χ4n) is 3.51. The van der Waals surface area contributed by atoms with Crippen molar-refractivity contribution in [2.24, 2.45) is 4.99 Å². The van der Waals surface area contributed by atoms with Gasteiger partial charge in [0.25, 0.3) is 0 Å². The maximum atomic E-state index is 11.2. The number of fused-ring (bicyclic) bond motifs is 1. The van der Waals surface area contributed by atoms with E-state index in [-0.39, 0.29) is 0 Å². The zero-order valence-corrected chi connectivity index (χ0v) is 18.5. The Balaban J connectivity index is 1.60. The summed E-state index contributed by atoms with van der Waals surface area (Å²) in [6.45, 7) is 3.50. The molecule has 0 bridgehead atoms. The largest absolute Gasteiger partial charge is 0.480 e. The third-order valence-electron chi connectivity index (χ3n) is 5.26. The van der Waals surface area contributed by atoms with E-state index in [9.17, 15) is 9.90 Å². The van der Waals surface area contributed by atoms with E-state index in [0.29, 0.717) is 0 Å². The second kappa shape index (κ2) is 9.30. The highest BCUT2D eigenvalue weighted by atomic mass is 32.1. The fraction of sp³-hybridized carbons (Fsp3) is 0.160. The molecule has 0 spiro atoms. The summed E-state index contributed by atoms with van der Waals surface area (Å²) in [5.41, 5.74) is 5.21. The molecule has 2 atom stereocenters. The van der Waals surface area contributed by atoms with Crippen molar-refractivity contribution in [1.29, 1.82) is 0 Å². The van der Waals surface area contributed by atoms with Crippen LogP contribution in [0.15, 0.2) is 71.7 Å². The molecule has 7 heteroatoms. The molecule has 3 N–H and O–H groups in total. The normalized spacial score (nSPS) is 13.3. The van der Waals surface area contributed by atoms with Crippen molar-refractivity contribution in [3.63, 3.8) is 0 Å². The summed E-state index contributed by atoms with van der Waals surface area (Å²) in [5, 5.41) is 23.2. The predicted octanol–water partition coefficient (Wildman–Crippen LogP) is 5.27. The summed E-state index contributed by atoms with van der Waals surface area (Å²) in [7, 11) is 0. The third kappa shape index (κ3) is 4.54. The van der Waals surface area contributed by atoms with E-state index < -0.39 is 18.1 Å². The van der Waals surface area contributed by atoms with Crippen LogP contribution in [-0.4, -0.2) is 38.9 Å². The number of hydrogen-bond acceptors (Lipinski definition) is 6. The number of hydrogen-bond donors (Lipinski definition) is 3. The van der Waals surface area contributed by atoms with Gasteiger partial charge < -0.3 is 15.5 Å². The Labute approximate surface area is 190 Å². The lowest BCUT2D eigenvalue weighted by molar-refractivity contribution is -0.140. The second-order valence-corrected chi connectivity index (χ2v) is 8.36. The Morgan fingerprint density at radius 3 is 2.62 bits per heavy atom. The van der Waals surface area contributed by atoms with Crippen molar-refractivity contribution >= 4 is 45.3 Å². The predicted molar refractivity (Wildman–Crippen MR) is 130 cm³/mol. The molecule has 4 aromatic rings. The number of benzene rings is 3. The van der Waals surface area contributed by atoms with E-state index in [0.717, 1.165) is 38.3 Å². The standard InChI is InChI=1S/C25H23N3O3S/c1-15-19(18-7-4-3-5-8-18)9-6-10-21(15)27-24-20-12-11-17(13-22(20)32-28-24)14-26-23(16(2)29)25(30)31/h3-14,16,23,29H,1-2H3,(H,27,28)(H,30,31). The van der Waals surface area contributed by atoms with Gasteiger partial charge in [0, 0.05) is 17.3 Å². The van der Waals surface area contributed by atoms with Gasteiger partial charge in [-0.3, -0.25) is 4.99 Å². The summed E-state index contributed by atoms with van der Waals surface area (Å²) in [5.74, 6) is -0.385. The van der Waals surface area contributed by atoms with Crippen molar-refractivity contribution in [3.8, 4) is 11.1 Å². The van der Waals surface area contributed by atoms with E-state index in [2.05, 4.69) is 39.8 Å². The van der Waals surface area contributed by atoms with Crippen molar-refractivity contribution in [2.45, 2.75) is 26.0 Å². The van der Waals surface area contributed by atoms with Crippen LogP contribution in [0.3, 0.4) is 0 Å². The molecule has 4 rings (SSSR count). The van der Waals surface area contributed by atoms with Gasteiger partial charge in [-0.15, -0.1) is 0 Å². The summed E-state index contributed by atoms with van der Waals surface area (Å²) in [4.78, 5) is 15.2. The van der Waals surface area contributed by atoms with Crippen molar-refractivity contribution in [2.75, 3.05) is 5.32 Å². The SMILES string of the molecule is Cc1c(Nc2nsc3cc(C=NC(C(=O)O)C(C)O)ccc23)cccc1-c1ccccc1. The van der Waals surface area contributed by atoms with E-state index in [1.165, 1.54) is 30.2 Å². The minimum atomic E-state index is -1.19. The minimum absolute atomic E-state index is 0.752. The zero-order valence-electron chi connectivity index (χ0n) is 17.7. The molecule has 3 aromatic carbocycles. The van der Waals surface area contributed by atoms with Gasteiger partial charge in [0.1, 0.15) is 0 Å². The zero-order chi connectivity index (χ0) is 22.7. The molecular weight excluding hydrogens is 422 g/mol. The maximum Gasteiger partial charge on any atom is 0.331 e. The smallest absolute Gasteiger partial charge is 0.331 e. The first-order valence-corrected chi connectivity index (χ1v) is 11.0. The summed E-state index contributed by atoms with van der Waals surface area (Å²) < 4.78 is 5.53. The van der Waals surface area contributed by atoms with Crippen LogP contribution in [-0.2, 0) is 4.79 Å². The number of carboxylic acids is 1. The lowest BCUT2D eigenvalue weighted by atomic mass is 9.99. The topological polar surface area (TPSA) is 94.8 Å². The molecule has 0 aliphatic carbocycles. The van der Waals surface area contributed by atoms with Crippen LogP contribution in [0.4, 0.5) is 11.5 Å². The van der Waals surface area contributed by atoms with Crippen molar-refractivity contribution in [3.05, 3.63) is 77.9 Å². The molecule has 0 aliphatic heterocycles. The van der Waals surface area contributed by atoms with Gasteiger partial charge in [0.15, 0.2) is 11.9 Å². The molecule has 6 nitrogen and oxygen atoms in total. The van der Waals surface area contributed by atoms with Gasteiger partial charge in [0.05, 0.1) is 10.8 Å². The van der Waals surface area contributed by atoms with Gasteiger partial charge in [-0.1, -0.05) is 48.5 Å². The number of nitrogens with one attached hydrogen (secondary N) is 1. The number of carboxylic acid groups (broad SMARTS) is 1. The number of aliphatic carboxylic acids is 1. The molecule has 1 aromatic heterocycles. The van der Waals surface area contributed by atoms with Gasteiger partial charge >= 0.3 is 5.97 Å². The maximum absolute atomic E-state index is 11.2. The molecule has 0 aliphatic rings. The highest BCUT2D eigenvalue weighted by molar-refractivity contribution is 7.13. The van der Waals surface area contributed by atoms with Crippen LogP contribution >= 0.6 is 11.5 Å². The van der Waals surface area contributed by atoms with E-state index >= 15 is 0 Å². The van der Waals surface area contributed by atoms with Gasteiger partial charge in [-0.05, 0) is 65.8 Å². The Hall–Kier alpha value is -3.55. The van der Waals surface area contributed by atoms with Crippen LogP contribution in [0.25, 0.3) is 21.2 Å². The summed E-state index contributed by atoms with van der Waals surface area (Å²) in [6.07, 6.45) is 0.409. The molecule has 2 unspecified atom stereocenters. The number of aromatic nitrogens is 1. The van der Waals surface area contributed by atoms with Crippen LogP contribution in [0.2, 0.25) is 0 Å². The number of aliphatic imine (C=N–C) groups is 1. The lowest BCUT2D eigenvalue weighted by Crippen LogP contribution is -2.29. The molecule has 0 saturated carbocycles. The van der Waals surface area contributed by atoms with Crippen LogP contribution in [0.1, 0.15) is 18.1 Å². The first-order chi connectivity index (χ1) is 15.4. The van der Waals surface area contributed by atoms with Crippen LogP contribution in [0.5, 0.6) is 0 Å². The minimum Gasteiger partial charge on any atom is -0.480 e.